The first-order valence-electron chi connectivity index (χ1n) is 5.87. The standard InChI is InChI=1S/C12H16BrNO6S/c1-7(4-12(15)16)14-21(17,18)11-6-10(20-3)9(19-2)5-8(11)13/h5-7,14H,4H2,1-3H3,(H,15,16). The molecule has 0 bridgehead atoms. The first-order chi connectivity index (χ1) is 9.71. The highest BCUT2D eigenvalue weighted by Gasteiger charge is 2.23. The molecule has 0 saturated carbocycles. The molecule has 2 N–H and O–H groups in total. The Balaban J connectivity index is 3.16. The number of carbonyl (C=O) groups is 1. The van der Waals surface area contributed by atoms with Gasteiger partial charge in [0, 0.05) is 16.6 Å². The third-order valence-electron chi connectivity index (χ3n) is 2.56. The van der Waals surface area contributed by atoms with E-state index in [1.165, 1.54) is 33.3 Å². The number of benzene rings is 1. The molecule has 0 heterocycles. The zero-order valence-corrected chi connectivity index (χ0v) is 14.1. The van der Waals surface area contributed by atoms with Gasteiger partial charge in [-0.05, 0) is 28.9 Å². The molecule has 21 heavy (non-hydrogen) atoms. The fourth-order valence-electron chi connectivity index (χ4n) is 1.67. The Morgan fingerprint density at radius 3 is 2.33 bits per heavy atom. The summed E-state index contributed by atoms with van der Waals surface area (Å²) >= 11 is 3.16. The Morgan fingerprint density at radius 1 is 1.33 bits per heavy atom. The molecule has 1 aromatic rings. The SMILES string of the molecule is COc1cc(Br)c(S(=O)(=O)NC(C)CC(=O)O)cc1OC. The fraction of sp³-hybridized carbons (Fsp3) is 0.417. The zero-order chi connectivity index (χ0) is 16.2. The molecule has 1 rings (SSSR count). The molecule has 0 aliphatic rings. The number of carboxylic acids is 1. The second-order valence-corrected chi connectivity index (χ2v) is 6.79. The molecule has 0 amide bonds. The Hall–Kier alpha value is -1.32. The molecule has 0 aliphatic carbocycles. The molecule has 0 radical (unpaired) electrons. The highest BCUT2D eigenvalue weighted by molar-refractivity contribution is 9.10. The van der Waals surface area contributed by atoms with E-state index in [0.717, 1.165) is 0 Å². The molecule has 0 saturated heterocycles. The highest BCUT2D eigenvalue weighted by Crippen LogP contribution is 2.35. The lowest BCUT2D eigenvalue weighted by atomic mass is 10.3. The molecule has 0 aromatic heterocycles. The number of methoxy groups -OCH3 is 2. The van der Waals surface area contributed by atoms with Crippen LogP contribution in [0.3, 0.4) is 0 Å². The highest BCUT2D eigenvalue weighted by atomic mass is 79.9. The van der Waals surface area contributed by atoms with Crippen molar-refractivity contribution in [2.24, 2.45) is 0 Å². The summed E-state index contributed by atoms with van der Waals surface area (Å²) < 4.78 is 37.3. The topological polar surface area (TPSA) is 102 Å². The summed E-state index contributed by atoms with van der Waals surface area (Å²) in [6.45, 7) is 1.47. The summed E-state index contributed by atoms with van der Waals surface area (Å²) in [6, 6.07) is 2.03. The number of rotatable bonds is 7. The van der Waals surface area contributed by atoms with Crippen molar-refractivity contribution in [1.82, 2.24) is 4.72 Å². The van der Waals surface area contributed by atoms with Crippen LogP contribution in [0.15, 0.2) is 21.5 Å². The van der Waals surface area contributed by atoms with Crippen LogP contribution in [0, 0.1) is 0 Å². The Morgan fingerprint density at radius 2 is 1.86 bits per heavy atom. The summed E-state index contributed by atoms with van der Waals surface area (Å²) in [7, 11) is -1.06. The molecule has 1 aromatic carbocycles. The normalized spacial score (nSPS) is 12.8. The van der Waals surface area contributed by atoms with Gasteiger partial charge in [-0.15, -0.1) is 0 Å². The number of hydrogen-bond acceptors (Lipinski definition) is 5. The minimum absolute atomic E-state index is 0.0580. The number of hydrogen-bond donors (Lipinski definition) is 2. The number of nitrogens with one attached hydrogen (secondary N) is 1. The lowest BCUT2D eigenvalue weighted by molar-refractivity contribution is -0.137. The van der Waals surface area contributed by atoms with Gasteiger partial charge in [0.15, 0.2) is 11.5 Å². The molecule has 118 valence electrons. The van der Waals surface area contributed by atoms with Crippen molar-refractivity contribution in [3.05, 3.63) is 16.6 Å². The van der Waals surface area contributed by atoms with Crippen LogP contribution in [0.4, 0.5) is 0 Å². The summed E-state index contributed by atoms with van der Waals surface area (Å²) in [5.74, 6) is -0.453. The van der Waals surface area contributed by atoms with Crippen LogP contribution < -0.4 is 14.2 Å². The van der Waals surface area contributed by atoms with Gasteiger partial charge in [-0.25, -0.2) is 13.1 Å². The number of ether oxygens (including phenoxy) is 2. The van der Waals surface area contributed by atoms with Crippen molar-refractivity contribution in [2.45, 2.75) is 24.3 Å². The van der Waals surface area contributed by atoms with Crippen LogP contribution in [0.25, 0.3) is 0 Å². The van der Waals surface area contributed by atoms with E-state index in [0.29, 0.717) is 5.75 Å². The summed E-state index contributed by atoms with van der Waals surface area (Å²) in [5, 5.41) is 8.68. The third kappa shape index (κ3) is 4.58. The predicted molar refractivity (Wildman–Crippen MR) is 79.3 cm³/mol. The van der Waals surface area contributed by atoms with Crippen LogP contribution in [0.5, 0.6) is 11.5 Å². The lowest BCUT2D eigenvalue weighted by Crippen LogP contribution is -2.34. The van der Waals surface area contributed by atoms with Gasteiger partial charge in [0.25, 0.3) is 0 Å². The molecule has 9 heteroatoms. The molecule has 0 fully saturated rings. The van der Waals surface area contributed by atoms with E-state index in [1.54, 1.807) is 0 Å². The van der Waals surface area contributed by atoms with Gasteiger partial charge < -0.3 is 14.6 Å². The van der Waals surface area contributed by atoms with Crippen molar-refractivity contribution in [3.8, 4) is 11.5 Å². The second kappa shape index (κ2) is 7.10. The Kier molecular flexibility index (Phi) is 5.99. The first-order valence-corrected chi connectivity index (χ1v) is 8.14. The molecule has 7 nitrogen and oxygen atoms in total. The minimum Gasteiger partial charge on any atom is -0.493 e. The van der Waals surface area contributed by atoms with E-state index in [-0.39, 0.29) is 21.5 Å². The quantitative estimate of drug-likeness (QED) is 0.743. The van der Waals surface area contributed by atoms with Gasteiger partial charge >= 0.3 is 5.97 Å². The zero-order valence-electron chi connectivity index (χ0n) is 11.7. The van der Waals surface area contributed by atoms with Crippen molar-refractivity contribution in [1.29, 1.82) is 0 Å². The van der Waals surface area contributed by atoms with Gasteiger partial charge in [0.05, 0.1) is 20.6 Å². The number of aliphatic carboxylic acids is 1. The maximum atomic E-state index is 12.3. The van der Waals surface area contributed by atoms with Crippen LogP contribution in [-0.4, -0.2) is 39.8 Å². The van der Waals surface area contributed by atoms with E-state index >= 15 is 0 Å². The molecular weight excluding hydrogens is 366 g/mol. The lowest BCUT2D eigenvalue weighted by Gasteiger charge is -2.15. The monoisotopic (exact) mass is 381 g/mol. The van der Waals surface area contributed by atoms with E-state index in [2.05, 4.69) is 20.7 Å². The third-order valence-corrected chi connectivity index (χ3v) is 5.11. The van der Waals surface area contributed by atoms with E-state index in [9.17, 15) is 13.2 Å². The molecule has 0 spiro atoms. The number of halogens is 1. The number of carboxylic acid groups (broad SMARTS) is 1. The largest absolute Gasteiger partial charge is 0.493 e. The second-order valence-electron chi connectivity index (χ2n) is 4.26. The average molecular weight is 382 g/mol. The van der Waals surface area contributed by atoms with Crippen molar-refractivity contribution in [2.75, 3.05) is 14.2 Å². The maximum Gasteiger partial charge on any atom is 0.304 e. The summed E-state index contributed by atoms with van der Waals surface area (Å²) in [5.41, 5.74) is 0. The molecule has 1 atom stereocenters. The minimum atomic E-state index is -3.89. The van der Waals surface area contributed by atoms with Crippen LogP contribution >= 0.6 is 15.9 Å². The first kappa shape index (κ1) is 17.7. The van der Waals surface area contributed by atoms with Crippen LogP contribution in [-0.2, 0) is 14.8 Å². The van der Waals surface area contributed by atoms with Gasteiger partial charge in [-0.2, -0.15) is 0 Å². The van der Waals surface area contributed by atoms with Gasteiger partial charge in [0.2, 0.25) is 10.0 Å². The van der Waals surface area contributed by atoms with Crippen LogP contribution in [0.2, 0.25) is 0 Å². The molecule has 0 aliphatic heterocycles. The average Bonchev–Trinajstić information content (AvgIpc) is 2.36. The van der Waals surface area contributed by atoms with Crippen LogP contribution in [0.1, 0.15) is 13.3 Å². The summed E-state index contributed by atoms with van der Waals surface area (Å²) in [6.07, 6.45) is -0.315. The van der Waals surface area contributed by atoms with Crippen molar-refractivity contribution in [3.63, 3.8) is 0 Å². The van der Waals surface area contributed by atoms with Gasteiger partial charge in [0.1, 0.15) is 4.90 Å². The van der Waals surface area contributed by atoms with Gasteiger partial charge in [-0.3, -0.25) is 4.79 Å². The summed E-state index contributed by atoms with van der Waals surface area (Å²) in [4.78, 5) is 10.5. The van der Waals surface area contributed by atoms with E-state index in [1.807, 2.05) is 0 Å². The Bertz CT molecular complexity index is 631. The van der Waals surface area contributed by atoms with Gasteiger partial charge in [-0.1, -0.05) is 0 Å². The molecular formula is C12H16BrNO6S. The van der Waals surface area contributed by atoms with Crippen molar-refractivity contribution >= 4 is 31.9 Å². The maximum absolute atomic E-state index is 12.3. The molecule has 1 unspecified atom stereocenters. The number of sulfonamides is 1. The fourth-order valence-corrected chi connectivity index (χ4v) is 3.95. The Labute approximate surface area is 131 Å². The van der Waals surface area contributed by atoms with E-state index < -0.39 is 22.0 Å². The smallest absolute Gasteiger partial charge is 0.304 e. The van der Waals surface area contributed by atoms with E-state index in [4.69, 9.17) is 14.6 Å². The van der Waals surface area contributed by atoms with Crippen molar-refractivity contribution < 1.29 is 27.8 Å². The predicted octanol–water partition coefficient (Wildman–Crippen LogP) is 1.61.